The predicted octanol–water partition coefficient (Wildman–Crippen LogP) is 1.26. The zero-order valence-electron chi connectivity index (χ0n) is 10.0. The molecule has 0 bridgehead atoms. The van der Waals surface area contributed by atoms with Gasteiger partial charge in [0.05, 0.1) is 6.20 Å². The van der Waals surface area contributed by atoms with Gasteiger partial charge in [-0.25, -0.2) is 8.42 Å². The first-order valence-electron chi connectivity index (χ1n) is 5.53. The van der Waals surface area contributed by atoms with Crippen LogP contribution in [0.2, 0.25) is 0 Å². The highest BCUT2D eigenvalue weighted by Gasteiger charge is 2.15. The van der Waals surface area contributed by atoms with Crippen LogP contribution in [0.25, 0.3) is 11.5 Å². The molecule has 0 amide bonds. The van der Waals surface area contributed by atoms with Crippen molar-refractivity contribution in [1.29, 1.82) is 0 Å². The fourth-order valence-corrected chi connectivity index (χ4v) is 2.57. The van der Waals surface area contributed by atoms with Gasteiger partial charge in [0.15, 0.2) is 0 Å². The second kappa shape index (κ2) is 4.78. The summed E-state index contributed by atoms with van der Waals surface area (Å²) in [5, 5.41) is 13.4. The first-order valence-corrected chi connectivity index (χ1v) is 7.02. The summed E-state index contributed by atoms with van der Waals surface area (Å²) in [6.07, 6.45) is 3.73. The summed E-state index contributed by atoms with van der Waals surface area (Å²) in [5.41, 5.74) is 1.01. The van der Waals surface area contributed by atoms with Gasteiger partial charge in [-0.15, -0.1) is 10.2 Å². The van der Waals surface area contributed by atoms with Crippen LogP contribution < -0.4 is 4.72 Å². The van der Waals surface area contributed by atoms with Gasteiger partial charge in [-0.3, -0.25) is 9.82 Å². The zero-order chi connectivity index (χ0) is 14.0. The van der Waals surface area contributed by atoms with Crippen LogP contribution in [-0.2, 0) is 10.0 Å². The summed E-state index contributed by atoms with van der Waals surface area (Å²) in [7, 11) is -3.67. The average molecular weight is 291 g/mol. The van der Waals surface area contributed by atoms with E-state index in [2.05, 4.69) is 25.1 Å². The second-order valence-electron chi connectivity index (χ2n) is 3.86. The van der Waals surface area contributed by atoms with Crippen molar-refractivity contribution in [3.8, 4) is 11.5 Å². The lowest BCUT2D eigenvalue weighted by Gasteiger charge is -2.06. The molecule has 2 aromatic heterocycles. The van der Waals surface area contributed by atoms with Gasteiger partial charge in [0, 0.05) is 17.4 Å². The highest BCUT2D eigenvalue weighted by molar-refractivity contribution is 7.92. The number of anilines is 1. The van der Waals surface area contributed by atoms with Crippen molar-refractivity contribution in [2.45, 2.75) is 4.90 Å². The number of hydrogen-bond acceptors (Lipinski definition) is 6. The van der Waals surface area contributed by atoms with Crippen LogP contribution in [0.4, 0.5) is 5.69 Å². The Morgan fingerprint density at radius 3 is 2.90 bits per heavy atom. The van der Waals surface area contributed by atoms with E-state index in [4.69, 9.17) is 4.42 Å². The van der Waals surface area contributed by atoms with Crippen molar-refractivity contribution in [3.63, 3.8) is 0 Å². The van der Waals surface area contributed by atoms with Crippen LogP contribution in [0, 0.1) is 0 Å². The van der Waals surface area contributed by atoms with Gasteiger partial charge >= 0.3 is 0 Å². The third-order valence-electron chi connectivity index (χ3n) is 2.51. The molecular formula is C11H9N5O3S. The first-order chi connectivity index (χ1) is 9.65. The Morgan fingerprint density at radius 1 is 1.30 bits per heavy atom. The molecule has 0 fully saturated rings. The summed E-state index contributed by atoms with van der Waals surface area (Å²) in [5.74, 6) is 0.314. The van der Waals surface area contributed by atoms with Crippen LogP contribution in [0.5, 0.6) is 0 Å². The molecule has 0 radical (unpaired) electrons. The summed E-state index contributed by atoms with van der Waals surface area (Å²) >= 11 is 0. The molecule has 2 heterocycles. The Hall–Kier alpha value is -2.68. The van der Waals surface area contributed by atoms with E-state index in [1.54, 1.807) is 24.3 Å². The van der Waals surface area contributed by atoms with Gasteiger partial charge in [0.1, 0.15) is 4.90 Å². The molecule has 3 aromatic rings. The molecule has 2 N–H and O–H groups in total. The summed E-state index contributed by atoms with van der Waals surface area (Å²) in [6, 6.07) is 6.65. The van der Waals surface area contributed by atoms with E-state index in [9.17, 15) is 8.42 Å². The number of aromatic amines is 1. The van der Waals surface area contributed by atoms with Crippen LogP contribution in [0.1, 0.15) is 0 Å². The second-order valence-corrected chi connectivity index (χ2v) is 5.55. The van der Waals surface area contributed by atoms with Gasteiger partial charge in [0.25, 0.3) is 10.0 Å². The van der Waals surface area contributed by atoms with E-state index in [0.29, 0.717) is 17.1 Å². The minimum atomic E-state index is -3.67. The Labute approximate surface area is 113 Å². The maximum Gasteiger partial charge on any atom is 0.265 e. The number of nitrogens with zero attached hydrogens (tertiary/aromatic N) is 3. The van der Waals surface area contributed by atoms with Crippen LogP contribution >= 0.6 is 0 Å². The van der Waals surface area contributed by atoms with E-state index >= 15 is 0 Å². The van der Waals surface area contributed by atoms with Crippen molar-refractivity contribution in [3.05, 3.63) is 43.1 Å². The molecular weight excluding hydrogens is 282 g/mol. The molecule has 9 heteroatoms. The Kier molecular flexibility index (Phi) is 2.95. The monoisotopic (exact) mass is 291 g/mol. The van der Waals surface area contributed by atoms with Crippen molar-refractivity contribution in [2.24, 2.45) is 0 Å². The maximum atomic E-state index is 12.0. The van der Waals surface area contributed by atoms with E-state index in [1.807, 2.05) is 0 Å². The van der Waals surface area contributed by atoms with Crippen molar-refractivity contribution in [1.82, 2.24) is 20.4 Å². The quantitative estimate of drug-likeness (QED) is 0.748. The zero-order valence-corrected chi connectivity index (χ0v) is 10.8. The van der Waals surface area contributed by atoms with Gasteiger partial charge in [-0.2, -0.15) is 5.10 Å². The van der Waals surface area contributed by atoms with E-state index in [0.717, 1.165) is 0 Å². The molecule has 0 spiro atoms. The lowest BCUT2D eigenvalue weighted by atomic mass is 10.2. The number of nitrogens with one attached hydrogen (secondary N) is 2. The lowest BCUT2D eigenvalue weighted by molar-refractivity contribution is 0.568. The third kappa shape index (κ3) is 2.38. The highest BCUT2D eigenvalue weighted by atomic mass is 32.2. The number of sulfonamides is 1. The SMILES string of the molecule is O=S(=O)(Nc1cccc(-c2nnco2)c1)c1cn[nH]c1. The van der Waals surface area contributed by atoms with Gasteiger partial charge in [0.2, 0.25) is 12.3 Å². The Bertz CT molecular complexity index is 796. The van der Waals surface area contributed by atoms with Crippen molar-refractivity contribution in [2.75, 3.05) is 4.72 Å². The summed E-state index contributed by atoms with van der Waals surface area (Å²) < 4.78 is 31.6. The third-order valence-corrected chi connectivity index (χ3v) is 3.85. The van der Waals surface area contributed by atoms with E-state index in [-0.39, 0.29) is 4.90 Å². The molecule has 3 rings (SSSR count). The van der Waals surface area contributed by atoms with Gasteiger partial charge in [-0.05, 0) is 18.2 Å². The maximum absolute atomic E-state index is 12.0. The molecule has 0 aliphatic heterocycles. The Morgan fingerprint density at radius 2 is 2.20 bits per heavy atom. The molecule has 8 nitrogen and oxygen atoms in total. The lowest BCUT2D eigenvalue weighted by Crippen LogP contribution is -2.12. The highest BCUT2D eigenvalue weighted by Crippen LogP contribution is 2.22. The molecule has 0 unspecified atom stereocenters. The summed E-state index contributed by atoms with van der Waals surface area (Å²) in [6.45, 7) is 0. The number of aromatic nitrogens is 4. The minimum Gasteiger partial charge on any atom is -0.423 e. The average Bonchev–Trinajstić information content (AvgIpc) is 3.12. The molecule has 102 valence electrons. The molecule has 0 saturated carbocycles. The smallest absolute Gasteiger partial charge is 0.265 e. The predicted molar refractivity (Wildman–Crippen MR) is 69.1 cm³/mol. The normalized spacial score (nSPS) is 11.4. The fourth-order valence-electron chi connectivity index (χ4n) is 1.61. The van der Waals surface area contributed by atoms with E-state index in [1.165, 1.54) is 18.8 Å². The molecule has 1 aromatic carbocycles. The fraction of sp³-hybridized carbons (Fsp3) is 0. The minimum absolute atomic E-state index is 0.0562. The molecule has 0 aliphatic carbocycles. The molecule has 20 heavy (non-hydrogen) atoms. The van der Waals surface area contributed by atoms with Crippen LogP contribution in [0.3, 0.4) is 0 Å². The molecule has 0 saturated heterocycles. The summed E-state index contributed by atoms with van der Waals surface area (Å²) in [4.78, 5) is 0.0562. The van der Waals surface area contributed by atoms with Crippen LogP contribution in [-0.4, -0.2) is 28.8 Å². The number of rotatable bonds is 4. The Balaban J connectivity index is 1.91. The standard InChI is InChI=1S/C11H9N5O3S/c17-20(18,10-5-12-13-6-10)16-9-3-1-2-8(4-9)11-15-14-7-19-11/h1-7,16H,(H,12,13). The van der Waals surface area contributed by atoms with Crippen LogP contribution in [0.15, 0.2) is 52.4 Å². The van der Waals surface area contributed by atoms with E-state index < -0.39 is 10.0 Å². The molecule has 0 aliphatic rings. The number of benzene rings is 1. The molecule has 0 atom stereocenters. The largest absolute Gasteiger partial charge is 0.423 e. The van der Waals surface area contributed by atoms with Crippen molar-refractivity contribution >= 4 is 15.7 Å². The first kappa shape index (κ1) is 12.4. The number of hydrogen-bond donors (Lipinski definition) is 2. The topological polar surface area (TPSA) is 114 Å². The van der Waals surface area contributed by atoms with Gasteiger partial charge < -0.3 is 4.42 Å². The number of H-pyrrole nitrogens is 1. The van der Waals surface area contributed by atoms with Gasteiger partial charge in [-0.1, -0.05) is 6.07 Å². The van der Waals surface area contributed by atoms with Crippen molar-refractivity contribution < 1.29 is 12.8 Å².